The zero-order valence-electron chi connectivity index (χ0n) is 14.7. The Bertz CT molecular complexity index is 851. The average Bonchev–Trinajstić information content (AvgIpc) is 2.86. The van der Waals surface area contributed by atoms with Gasteiger partial charge < -0.3 is 9.84 Å². The molecule has 2 amide bonds. The summed E-state index contributed by atoms with van der Waals surface area (Å²) in [6.07, 6.45) is 1.77. The van der Waals surface area contributed by atoms with Gasteiger partial charge in [0.05, 0.1) is 0 Å². The number of rotatable bonds is 6. The van der Waals surface area contributed by atoms with Crippen LogP contribution in [0.3, 0.4) is 0 Å². The fraction of sp³-hybridized carbons (Fsp3) is 0.438. The Kier molecular flexibility index (Phi) is 5.78. The number of sulfone groups is 1. The first-order chi connectivity index (χ1) is 11.6. The van der Waals surface area contributed by atoms with Crippen molar-refractivity contribution in [2.75, 3.05) is 18.1 Å². The molecule has 0 atom stereocenters. The summed E-state index contributed by atoms with van der Waals surface area (Å²) in [5.41, 5.74) is 4.81. The van der Waals surface area contributed by atoms with Crippen molar-refractivity contribution in [1.82, 2.24) is 15.5 Å². The third-order valence-corrected chi connectivity index (χ3v) is 4.36. The number of aromatic nitrogens is 2. The lowest BCUT2D eigenvalue weighted by Gasteiger charge is -2.11. The number of carbonyl (C=O) groups excluding carboxylic acids is 1. The molecule has 9 heteroatoms. The van der Waals surface area contributed by atoms with Crippen LogP contribution in [0.25, 0.3) is 0 Å². The monoisotopic (exact) mass is 366 g/mol. The number of urea groups is 1. The lowest BCUT2D eigenvalue weighted by atomic mass is 9.97. The minimum absolute atomic E-state index is 0.00343. The van der Waals surface area contributed by atoms with E-state index >= 15 is 0 Å². The molecule has 0 saturated carbocycles. The molecule has 1 aromatic heterocycles. The minimum Gasteiger partial charge on any atom is -0.337 e. The number of amides is 2. The number of anilines is 1. The maximum absolute atomic E-state index is 11.9. The van der Waals surface area contributed by atoms with Crippen molar-refractivity contribution in [3.05, 3.63) is 40.2 Å². The van der Waals surface area contributed by atoms with Gasteiger partial charge in [0, 0.05) is 12.8 Å². The molecule has 2 aromatic rings. The molecule has 0 unspecified atom stereocenters. The Morgan fingerprint density at radius 1 is 1.20 bits per heavy atom. The molecule has 1 aromatic carbocycles. The summed E-state index contributed by atoms with van der Waals surface area (Å²) in [6.45, 7) is 6.60. The van der Waals surface area contributed by atoms with Gasteiger partial charge in [-0.05, 0) is 43.9 Å². The second-order valence-electron chi connectivity index (χ2n) is 6.09. The highest BCUT2D eigenvalue weighted by atomic mass is 32.2. The summed E-state index contributed by atoms with van der Waals surface area (Å²) in [5, 5.41) is 8.60. The highest BCUT2D eigenvalue weighted by molar-refractivity contribution is 7.89. The molecule has 0 radical (unpaired) electrons. The summed E-state index contributed by atoms with van der Waals surface area (Å²) in [7, 11) is -3.26. The molecule has 2 N–H and O–H groups in total. The fourth-order valence-corrected chi connectivity index (χ4v) is 3.23. The topological polar surface area (TPSA) is 114 Å². The van der Waals surface area contributed by atoms with Crippen LogP contribution >= 0.6 is 0 Å². The quantitative estimate of drug-likeness (QED) is 0.807. The Labute approximate surface area is 146 Å². The lowest BCUT2D eigenvalue weighted by Crippen LogP contribution is -2.30. The van der Waals surface area contributed by atoms with Crippen molar-refractivity contribution in [1.29, 1.82) is 0 Å². The molecule has 25 heavy (non-hydrogen) atoms. The molecule has 1 heterocycles. The van der Waals surface area contributed by atoms with Crippen LogP contribution in [-0.2, 0) is 22.0 Å². The van der Waals surface area contributed by atoms with E-state index in [1.54, 1.807) is 0 Å². The van der Waals surface area contributed by atoms with Crippen LogP contribution in [0.1, 0.15) is 28.1 Å². The standard InChI is InChI=1S/C16H22N4O4S/c1-10-7-11(2)13(12(3)8-10)5-6-17-15(21)19-16-18-14(20-24-16)9-25(4,22)23/h7-8H,5-6,9H2,1-4H3,(H2,17,18,19,20,21). The van der Waals surface area contributed by atoms with Crippen LogP contribution in [-0.4, -0.2) is 37.4 Å². The summed E-state index contributed by atoms with van der Waals surface area (Å²) in [4.78, 5) is 15.7. The number of hydrogen-bond acceptors (Lipinski definition) is 6. The minimum atomic E-state index is -3.26. The Balaban J connectivity index is 1.85. The van der Waals surface area contributed by atoms with Crippen molar-refractivity contribution in [3.8, 4) is 0 Å². The van der Waals surface area contributed by atoms with Crippen LogP contribution < -0.4 is 10.6 Å². The molecule has 2 rings (SSSR count). The van der Waals surface area contributed by atoms with Gasteiger partial charge in [-0.25, -0.2) is 13.2 Å². The van der Waals surface area contributed by atoms with E-state index < -0.39 is 15.9 Å². The normalized spacial score (nSPS) is 11.4. The van der Waals surface area contributed by atoms with Gasteiger partial charge in [-0.15, -0.1) is 0 Å². The van der Waals surface area contributed by atoms with Gasteiger partial charge in [-0.2, -0.15) is 4.98 Å². The van der Waals surface area contributed by atoms with Gasteiger partial charge >= 0.3 is 12.0 Å². The maximum atomic E-state index is 11.9. The average molecular weight is 366 g/mol. The van der Waals surface area contributed by atoms with Crippen LogP contribution in [0, 0.1) is 20.8 Å². The maximum Gasteiger partial charge on any atom is 0.329 e. The second kappa shape index (κ2) is 7.64. The Morgan fingerprint density at radius 2 is 1.84 bits per heavy atom. The molecule has 8 nitrogen and oxygen atoms in total. The van der Waals surface area contributed by atoms with Crippen LogP contribution in [0.4, 0.5) is 10.8 Å². The molecule has 0 aliphatic carbocycles. The molecule has 0 fully saturated rings. The van der Waals surface area contributed by atoms with E-state index in [0.717, 1.165) is 6.26 Å². The zero-order chi connectivity index (χ0) is 18.6. The first-order valence-corrected chi connectivity index (χ1v) is 9.82. The van der Waals surface area contributed by atoms with Gasteiger partial charge in [0.1, 0.15) is 5.75 Å². The van der Waals surface area contributed by atoms with Crippen molar-refractivity contribution in [2.45, 2.75) is 32.9 Å². The van der Waals surface area contributed by atoms with Gasteiger partial charge in [0.15, 0.2) is 15.7 Å². The zero-order valence-corrected chi connectivity index (χ0v) is 15.5. The predicted molar refractivity (Wildman–Crippen MR) is 94.2 cm³/mol. The number of nitrogens with zero attached hydrogens (tertiary/aromatic N) is 2. The largest absolute Gasteiger partial charge is 0.337 e. The van der Waals surface area contributed by atoms with Gasteiger partial charge in [-0.1, -0.05) is 22.9 Å². The first kappa shape index (κ1) is 18.9. The molecular formula is C16H22N4O4S. The molecule has 0 spiro atoms. The third kappa shape index (κ3) is 5.86. The number of nitrogens with one attached hydrogen (secondary N) is 2. The van der Waals surface area contributed by atoms with E-state index in [9.17, 15) is 13.2 Å². The number of carbonyl (C=O) groups is 1. The van der Waals surface area contributed by atoms with Crippen LogP contribution in [0.5, 0.6) is 0 Å². The smallest absolute Gasteiger partial charge is 0.329 e. The molecule has 0 aliphatic rings. The Morgan fingerprint density at radius 3 is 2.44 bits per heavy atom. The Hall–Kier alpha value is -2.42. The SMILES string of the molecule is Cc1cc(C)c(CCNC(=O)Nc2nc(CS(C)(=O)=O)no2)c(C)c1. The van der Waals surface area contributed by atoms with Crippen molar-refractivity contribution < 1.29 is 17.7 Å². The van der Waals surface area contributed by atoms with Crippen molar-refractivity contribution in [3.63, 3.8) is 0 Å². The number of benzene rings is 1. The van der Waals surface area contributed by atoms with E-state index in [1.807, 2.05) is 0 Å². The van der Waals surface area contributed by atoms with Crippen LogP contribution in [0.15, 0.2) is 16.7 Å². The van der Waals surface area contributed by atoms with Crippen LogP contribution in [0.2, 0.25) is 0 Å². The molecule has 0 bridgehead atoms. The molecule has 136 valence electrons. The van der Waals surface area contributed by atoms with E-state index in [-0.39, 0.29) is 17.6 Å². The van der Waals surface area contributed by atoms with E-state index in [2.05, 4.69) is 53.7 Å². The number of hydrogen-bond donors (Lipinski definition) is 2. The van der Waals surface area contributed by atoms with E-state index in [4.69, 9.17) is 4.52 Å². The number of aryl methyl sites for hydroxylation is 3. The molecular weight excluding hydrogens is 344 g/mol. The van der Waals surface area contributed by atoms with E-state index in [1.165, 1.54) is 22.3 Å². The molecule has 0 saturated heterocycles. The predicted octanol–water partition coefficient (Wildman–Crippen LogP) is 1.90. The highest BCUT2D eigenvalue weighted by Gasteiger charge is 2.14. The summed E-state index contributed by atoms with van der Waals surface area (Å²) >= 11 is 0. The summed E-state index contributed by atoms with van der Waals surface area (Å²) < 4.78 is 27.1. The first-order valence-electron chi connectivity index (χ1n) is 7.76. The highest BCUT2D eigenvalue weighted by Crippen LogP contribution is 2.16. The van der Waals surface area contributed by atoms with Gasteiger partial charge in [0.25, 0.3) is 0 Å². The van der Waals surface area contributed by atoms with Gasteiger partial charge in [0.2, 0.25) is 0 Å². The third-order valence-electron chi connectivity index (χ3n) is 3.58. The van der Waals surface area contributed by atoms with Gasteiger partial charge in [-0.3, -0.25) is 5.32 Å². The van der Waals surface area contributed by atoms with Crippen molar-refractivity contribution >= 4 is 21.9 Å². The fourth-order valence-electron chi connectivity index (χ4n) is 2.64. The lowest BCUT2D eigenvalue weighted by molar-refractivity contribution is 0.251. The van der Waals surface area contributed by atoms with E-state index in [0.29, 0.717) is 13.0 Å². The van der Waals surface area contributed by atoms with Crippen molar-refractivity contribution in [2.24, 2.45) is 0 Å². The molecule has 0 aliphatic heterocycles. The summed E-state index contributed by atoms with van der Waals surface area (Å²) in [6, 6.07) is 3.60. The second-order valence-corrected chi connectivity index (χ2v) is 8.23. The summed E-state index contributed by atoms with van der Waals surface area (Å²) in [5.74, 6) is -0.338.